The molecule has 2 heterocycles. The van der Waals surface area contributed by atoms with Gasteiger partial charge in [-0.15, -0.1) is 0 Å². The highest BCUT2D eigenvalue weighted by atomic mass is 28.3. The second-order valence-corrected chi connectivity index (χ2v) is 23.4. The lowest BCUT2D eigenvalue weighted by atomic mass is 9.84. The summed E-state index contributed by atoms with van der Waals surface area (Å²) in [5, 5.41) is 10.4. The molecule has 0 saturated heterocycles. The van der Waals surface area contributed by atoms with Gasteiger partial charge in [-0.05, 0) is 126 Å². The predicted molar refractivity (Wildman–Crippen MR) is 320 cm³/mol. The number of nitrogens with zero attached hydrogens (tertiary/aromatic N) is 2. The van der Waals surface area contributed by atoms with Crippen molar-refractivity contribution in [1.82, 2.24) is 9.13 Å². The van der Waals surface area contributed by atoms with Crippen LogP contribution < -0.4 is 20.7 Å². The first-order chi connectivity index (χ1) is 37.2. The maximum Gasteiger partial charge on any atom is 0.179 e. The zero-order chi connectivity index (χ0) is 49.7. The molecular weight excluding hydrogens is 921 g/mol. The Labute approximate surface area is 438 Å². The lowest BCUT2D eigenvalue weighted by Crippen LogP contribution is -2.74. The van der Waals surface area contributed by atoms with Gasteiger partial charge in [-0.2, -0.15) is 0 Å². The van der Waals surface area contributed by atoms with Crippen LogP contribution in [-0.4, -0.2) is 17.2 Å². The van der Waals surface area contributed by atoms with E-state index in [1.54, 1.807) is 0 Å². The Morgan fingerprint density at radius 2 is 0.600 bits per heavy atom. The molecule has 3 heteroatoms. The number of hydrogen-bond donors (Lipinski definition) is 0. The third kappa shape index (κ3) is 7.39. The first-order valence-corrected chi connectivity index (χ1v) is 27.9. The van der Waals surface area contributed by atoms with Crippen LogP contribution in [0.5, 0.6) is 0 Å². The van der Waals surface area contributed by atoms with Gasteiger partial charge in [0.2, 0.25) is 0 Å². The SMILES string of the molecule is c1ccc(-c2cc(-c3ccccc3)c(-c3cccc(-n4c5ccccc5c5cc(-n6c7ccccc7c7cc([Si](c8ccccc8)(c8ccccc8)c8ccccc8)ccc76)ccc54)c3)c(-c3ccccc3)c2)cc1. The molecule has 0 unspecified atom stereocenters. The van der Waals surface area contributed by atoms with E-state index in [1.807, 2.05) is 0 Å². The number of para-hydroxylation sites is 2. The largest absolute Gasteiger partial charge is 0.309 e. The number of benzene rings is 12. The fourth-order valence-electron chi connectivity index (χ4n) is 12.2. The van der Waals surface area contributed by atoms with Gasteiger partial charge in [0.25, 0.3) is 0 Å². The normalized spacial score (nSPS) is 11.7. The second kappa shape index (κ2) is 18.5. The Kier molecular flexibility index (Phi) is 10.9. The molecule has 12 aromatic carbocycles. The highest BCUT2D eigenvalue weighted by Gasteiger charge is 2.41. The minimum Gasteiger partial charge on any atom is -0.309 e. The fourth-order valence-corrected chi connectivity index (χ4v) is 16.9. The van der Waals surface area contributed by atoms with Crippen molar-refractivity contribution in [3.63, 3.8) is 0 Å². The van der Waals surface area contributed by atoms with E-state index in [0.717, 1.165) is 22.5 Å². The van der Waals surface area contributed by atoms with Gasteiger partial charge in [-0.3, -0.25) is 0 Å². The van der Waals surface area contributed by atoms with E-state index in [1.165, 1.54) is 97.8 Å². The smallest absolute Gasteiger partial charge is 0.179 e. The van der Waals surface area contributed by atoms with Crippen molar-refractivity contribution in [2.24, 2.45) is 0 Å². The summed E-state index contributed by atoms with van der Waals surface area (Å²) in [6.07, 6.45) is 0. The molecule has 0 atom stereocenters. The number of fused-ring (bicyclic) bond motifs is 6. The van der Waals surface area contributed by atoms with Crippen LogP contribution in [0.1, 0.15) is 0 Å². The summed E-state index contributed by atoms with van der Waals surface area (Å²) in [5.74, 6) is 0. The molecule has 0 fully saturated rings. The molecule has 0 N–H and O–H groups in total. The van der Waals surface area contributed by atoms with E-state index in [0.29, 0.717) is 0 Å². The number of rotatable bonds is 10. The van der Waals surface area contributed by atoms with Crippen molar-refractivity contribution in [1.29, 1.82) is 0 Å². The Morgan fingerprint density at radius 3 is 1.11 bits per heavy atom. The molecule has 352 valence electrons. The first-order valence-electron chi connectivity index (χ1n) is 25.9. The third-order valence-electron chi connectivity index (χ3n) is 15.4. The average molecular weight is 971 g/mol. The molecule has 0 bridgehead atoms. The second-order valence-electron chi connectivity index (χ2n) is 19.6. The standard InChI is InChI=1S/C72H50N2Si/c1-7-24-51(25-8-1)55-47-64(52-26-9-2-10-27-52)72(65(48-55)53-28-11-3-12-29-53)54-30-23-31-56(46-54)73-68-40-21-19-38-62(68)66-49-57(42-44-70(66)73)74-69-41-22-20-39-63(69)67-50-61(43-45-71(67)74)75(58-32-13-4-14-33-58,59-34-15-5-16-35-59)60-36-17-6-18-37-60/h1-50H. The molecule has 0 radical (unpaired) electrons. The minimum absolute atomic E-state index is 1.11. The molecule has 75 heavy (non-hydrogen) atoms. The van der Waals surface area contributed by atoms with Crippen molar-refractivity contribution >= 4 is 72.4 Å². The van der Waals surface area contributed by atoms with Crippen LogP contribution in [0.25, 0.3) is 99.5 Å². The topological polar surface area (TPSA) is 9.86 Å². The molecular formula is C72H50N2Si. The lowest BCUT2D eigenvalue weighted by Gasteiger charge is -2.34. The molecule has 0 saturated carbocycles. The predicted octanol–water partition coefficient (Wildman–Crippen LogP) is 15.9. The summed E-state index contributed by atoms with van der Waals surface area (Å²) in [5.41, 5.74) is 16.5. The van der Waals surface area contributed by atoms with Crippen LogP contribution >= 0.6 is 0 Å². The average Bonchev–Trinajstić information content (AvgIpc) is 4.01. The van der Waals surface area contributed by atoms with E-state index < -0.39 is 8.07 Å². The summed E-state index contributed by atoms with van der Waals surface area (Å²) < 4.78 is 4.94. The Hall–Kier alpha value is -9.54. The van der Waals surface area contributed by atoms with Crippen LogP contribution in [0.2, 0.25) is 0 Å². The van der Waals surface area contributed by atoms with Gasteiger partial charge in [0.15, 0.2) is 8.07 Å². The van der Waals surface area contributed by atoms with Crippen molar-refractivity contribution in [2.75, 3.05) is 0 Å². The zero-order valence-electron chi connectivity index (χ0n) is 41.3. The van der Waals surface area contributed by atoms with Gasteiger partial charge < -0.3 is 9.13 Å². The fraction of sp³-hybridized carbons (Fsp3) is 0. The van der Waals surface area contributed by atoms with E-state index in [-0.39, 0.29) is 0 Å². The highest BCUT2D eigenvalue weighted by molar-refractivity contribution is 7.20. The van der Waals surface area contributed by atoms with Crippen LogP contribution in [0.3, 0.4) is 0 Å². The minimum atomic E-state index is -2.77. The Bertz CT molecular complexity index is 4220. The molecule has 0 spiro atoms. The monoisotopic (exact) mass is 970 g/mol. The maximum atomic E-state index is 2.52. The van der Waals surface area contributed by atoms with Gasteiger partial charge in [0.1, 0.15) is 0 Å². The van der Waals surface area contributed by atoms with Gasteiger partial charge in [0.05, 0.1) is 22.1 Å². The molecule has 14 aromatic rings. The number of hydrogen-bond acceptors (Lipinski definition) is 0. The van der Waals surface area contributed by atoms with E-state index in [2.05, 4.69) is 312 Å². The molecule has 0 aliphatic heterocycles. The summed E-state index contributed by atoms with van der Waals surface area (Å²) in [6.45, 7) is 0. The summed E-state index contributed by atoms with van der Waals surface area (Å²) in [6, 6.07) is 112. The zero-order valence-corrected chi connectivity index (χ0v) is 42.3. The highest BCUT2D eigenvalue weighted by Crippen LogP contribution is 2.45. The van der Waals surface area contributed by atoms with Gasteiger partial charge in [-0.1, -0.05) is 243 Å². The van der Waals surface area contributed by atoms with Crippen LogP contribution in [0, 0.1) is 0 Å². The van der Waals surface area contributed by atoms with Crippen LogP contribution in [0.15, 0.2) is 303 Å². The molecule has 0 amide bonds. The number of aromatic nitrogens is 2. The van der Waals surface area contributed by atoms with Gasteiger partial charge in [-0.25, -0.2) is 0 Å². The quantitative estimate of drug-likeness (QED) is 0.0955. The maximum absolute atomic E-state index is 2.77. The summed E-state index contributed by atoms with van der Waals surface area (Å²) in [4.78, 5) is 0. The summed E-state index contributed by atoms with van der Waals surface area (Å²) in [7, 11) is -2.77. The van der Waals surface area contributed by atoms with E-state index in [4.69, 9.17) is 0 Å². The Balaban J connectivity index is 0.954. The van der Waals surface area contributed by atoms with Crippen LogP contribution in [0.4, 0.5) is 0 Å². The van der Waals surface area contributed by atoms with E-state index >= 15 is 0 Å². The molecule has 0 aliphatic rings. The van der Waals surface area contributed by atoms with Crippen LogP contribution in [-0.2, 0) is 0 Å². The molecule has 2 nitrogen and oxygen atoms in total. The Morgan fingerprint density at radius 1 is 0.213 bits per heavy atom. The first kappa shape index (κ1) is 44.2. The third-order valence-corrected chi connectivity index (χ3v) is 20.2. The molecule has 2 aromatic heterocycles. The summed E-state index contributed by atoms with van der Waals surface area (Å²) >= 11 is 0. The van der Waals surface area contributed by atoms with Crippen molar-refractivity contribution in [3.8, 4) is 55.9 Å². The molecule has 0 aliphatic carbocycles. The lowest BCUT2D eigenvalue weighted by molar-refractivity contribution is 1.17. The van der Waals surface area contributed by atoms with Crippen molar-refractivity contribution < 1.29 is 0 Å². The molecule has 14 rings (SSSR count). The van der Waals surface area contributed by atoms with Crippen molar-refractivity contribution in [3.05, 3.63) is 303 Å². The van der Waals surface area contributed by atoms with Gasteiger partial charge >= 0.3 is 0 Å². The van der Waals surface area contributed by atoms with Gasteiger partial charge in [0, 0.05) is 32.9 Å². The van der Waals surface area contributed by atoms with Crippen molar-refractivity contribution in [2.45, 2.75) is 0 Å². The van der Waals surface area contributed by atoms with E-state index in [9.17, 15) is 0 Å².